The Morgan fingerprint density at radius 3 is 2.57 bits per heavy atom. The summed E-state index contributed by atoms with van der Waals surface area (Å²) in [5.74, 6) is 0.991. The third-order valence-corrected chi connectivity index (χ3v) is 4.61. The first-order valence-corrected chi connectivity index (χ1v) is 7.95. The molecule has 6 nitrogen and oxygen atoms in total. The number of nitrogens with two attached hydrogens (primary N) is 1. The maximum Gasteiger partial charge on any atom is 0.161 e. The van der Waals surface area contributed by atoms with E-state index < -0.39 is 0 Å². The fourth-order valence-electron chi connectivity index (χ4n) is 3.36. The number of aliphatic hydroxyl groups is 1. The predicted molar refractivity (Wildman–Crippen MR) is 88.7 cm³/mol. The molecule has 0 spiro atoms. The highest BCUT2D eigenvalue weighted by Crippen LogP contribution is 2.37. The number of aromatic nitrogens is 4. The molecule has 0 amide bonds. The lowest BCUT2D eigenvalue weighted by molar-refractivity contribution is 0.122. The Kier molecular flexibility index (Phi) is 3.46. The number of nitrogen functional groups attached to an aromatic ring is 1. The summed E-state index contributed by atoms with van der Waals surface area (Å²) in [4.78, 5) is 16.6. The number of hydrogen-bond acceptors (Lipinski definition) is 5. The summed E-state index contributed by atoms with van der Waals surface area (Å²) in [6.07, 6.45) is 8.53. The van der Waals surface area contributed by atoms with Crippen LogP contribution < -0.4 is 5.73 Å². The SMILES string of the molecule is Nc1c[nH]c2nc(-c3ccncc3)nc(C3CCC(O)CC3)c12. The van der Waals surface area contributed by atoms with E-state index in [9.17, 15) is 5.11 Å². The molecule has 1 aliphatic carbocycles. The summed E-state index contributed by atoms with van der Waals surface area (Å²) in [5.41, 5.74) is 9.51. The van der Waals surface area contributed by atoms with Gasteiger partial charge in [0, 0.05) is 30.1 Å². The van der Waals surface area contributed by atoms with Gasteiger partial charge < -0.3 is 15.8 Å². The van der Waals surface area contributed by atoms with Crippen molar-refractivity contribution in [2.24, 2.45) is 0 Å². The molecule has 6 heteroatoms. The Balaban J connectivity index is 1.85. The molecule has 0 atom stereocenters. The molecule has 23 heavy (non-hydrogen) atoms. The number of hydrogen-bond donors (Lipinski definition) is 3. The number of anilines is 1. The Morgan fingerprint density at radius 2 is 1.83 bits per heavy atom. The van der Waals surface area contributed by atoms with Crippen molar-refractivity contribution in [3.8, 4) is 11.4 Å². The second-order valence-corrected chi connectivity index (χ2v) is 6.14. The average Bonchev–Trinajstić information content (AvgIpc) is 2.97. The van der Waals surface area contributed by atoms with Crippen molar-refractivity contribution in [1.82, 2.24) is 19.9 Å². The van der Waals surface area contributed by atoms with Gasteiger partial charge in [0.2, 0.25) is 0 Å². The molecule has 3 heterocycles. The predicted octanol–water partition coefficient (Wildman–Crippen LogP) is 2.62. The minimum Gasteiger partial charge on any atom is -0.397 e. The van der Waals surface area contributed by atoms with Gasteiger partial charge in [0.1, 0.15) is 5.65 Å². The molecule has 1 aliphatic rings. The maximum atomic E-state index is 9.76. The first kappa shape index (κ1) is 14.1. The molecule has 1 fully saturated rings. The van der Waals surface area contributed by atoms with Crippen LogP contribution in [0.1, 0.15) is 37.3 Å². The van der Waals surface area contributed by atoms with Crippen LogP contribution in [0.3, 0.4) is 0 Å². The number of H-pyrrole nitrogens is 1. The standard InChI is InChI=1S/C17H19N5O/c18-13-9-20-17-14(13)15(10-1-3-12(23)4-2-10)21-16(22-17)11-5-7-19-8-6-11/h5-10,12,23H,1-4,18H2,(H,20,21,22). The molecule has 4 rings (SSSR count). The first-order chi connectivity index (χ1) is 11.2. The van der Waals surface area contributed by atoms with Crippen LogP contribution in [0.4, 0.5) is 5.69 Å². The van der Waals surface area contributed by atoms with Gasteiger partial charge in [-0.15, -0.1) is 0 Å². The lowest BCUT2D eigenvalue weighted by atomic mass is 9.84. The van der Waals surface area contributed by atoms with Crippen molar-refractivity contribution in [1.29, 1.82) is 0 Å². The Morgan fingerprint density at radius 1 is 1.09 bits per heavy atom. The minimum absolute atomic E-state index is 0.188. The van der Waals surface area contributed by atoms with Crippen LogP contribution in [0, 0.1) is 0 Å². The molecule has 0 unspecified atom stereocenters. The quantitative estimate of drug-likeness (QED) is 0.675. The zero-order valence-electron chi connectivity index (χ0n) is 12.7. The van der Waals surface area contributed by atoms with Gasteiger partial charge in [0.25, 0.3) is 0 Å². The Bertz CT molecular complexity index is 822. The van der Waals surface area contributed by atoms with Crippen LogP contribution >= 0.6 is 0 Å². The molecule has 3 aromatic rings. The largest absolute Gasteiger partial charge is 0.397 e. The van der Waals surface area contributed by atoms with E-state index in [0.717, 1.165) is 48.0 Å². The zero-order chi connectivity index (χ0) is 15.8. The van der Waals surface area contributed by atoms with E-state index in [1.807, 2.05) is 12.1 Å². The smallest absolute Gasteiger partial charge is 0.161 e. The lowest BCUT2D eigenvalue weighted by Crippen LogP contribution is -2.18. The highest BCUT2D eigenvalue weighted by atomic mass is 16.3. The van der Waals surface area contributed by atoms with E-state index in [-0.39, 0.29) is 6.10 Å². The molecule has 0 bridgehead atoms. The number of fused-ring (bicyclic) bond motifs is 1. The molecule has 4 N–H and O–H groups in total. The molecular formula is C17H19N5O. The summed E-state index contributed by atoms with van der Waals surface area (Å²) in [7, 11) is 0. The summed E-state index contributed by atoms with van der Waals surface area (Å²) in [6, 6.07) is 3.81. The summed E-state index contributed by atoms with van der Waals surface area (Å²) in [6.45, 7) is 0. The van der Waals surface area contributed by atoms with Gasteiger partial charge in [-0.1, -0.05) is 0 Å². The topological polar surface area (TPSA) is 101 Å². The molecule has 0 aliphatic heterocycles. The van der Waals surface area contributed by atoms with E-state index in [2.05, 4.69) is 15.0 Å². The van der Waals surface area contributed by atoms with Crippen molar-refractivity contribution in [2.75, 3.05) is 5.73 Å². The zero-order valence-corrected chi connectivity index (χ0v) is 12.7. The van der Waals surface area contributed by atoms with Gasteiger partial charge in [-0.25, -0.2) is 9.97 Å². The van der Waals surface area contributed by atoms with Crippen LogP contribution in [0.25, 0.3) is 22.4 Å². The number of aromatic amines is 1. The van der Waals surface area contributed by atoms with Crippen LogP contribution in [-0.2, 0) is 0 Å². The fraction of sp³-hybridized carbons (Fsp3) is 0.353. The van der Waals surface area contributed by atoms with Crippen molar-refractivity contribution in [2.45, 2.75) is 37.7 Å². The molecule has 0 aromatic carbocycles. The second-order valence-electron chi connectivity index (χ2n) is 6.14. The third-order valence-electron chi connectivity index (χ3n) is 4.61. The Hall–Kier alpha value is -2.47. The molecule has 118 valence electrons. The molecule has 3 aromatic heterocycles. The van der Waals surface area contributed by atoms with E-state index in [1.54, 1.807) is 18.6 Å². The van der Waals surface area contributed by atoms with E-state index in [1.165, 1.54) is 0 Å². The number of nitrogens with zero attached hydrogens (tertiary/aromatic N) is 3. The monoisotopic (exact) mass is 309 g/mol. The van der Waals surface area contributed by atoms with Crippen molar-refractivity contribution < 1.29 is 5.11 Å². The number of rotatable bonds is 2. The molecule has 1 saturated carbocycles. The van der Waals surface area contributed by atoms with Crippen molar-refractivity contribution in [3.63, 3.8) is 0 Å². The van der Waals surface area contributed by atoms with E-state index >= 15 is 0 Å². The highest BCUT2D eigenvalue weighted by Gasteiger charge is 2.25. The normalized spacial score (nSPS) is 21.6. The van der Waals surface area contributed by atoms with Crippen molar-refractivity contribution in [3.05, 3.63) is 36.4 Å². The maximum absolute atomic E-state index is 9.76. The van der Waals surface area contributed by atoms with Crippen LogP contribution in [-0.4, -0.2) is 31.1 Å². The molecular weight excluding hydrogens is 290 g/mol. The average molecular weight is 309 g/mol. The summed E-state index contributed by atoms with van der Waals surface area (Å²) in [5, 5.41) is 10.7. The number of nitrogens with one attached hydrogen (secondary N) is 1. The van der Waals surface area contributed by atoms with Gasteiger partial charge in [-0.2, -0.15) is 0 Å². The number of pyridine rings is 1. The first-order valence-electron chi connectivity index (χ1n) is 7.95. The van der Waals surface area contributed by atoms with Gasteiger partial charge in [0.05, 0.1) is 22.9 Å². The van der Waals surface area contributed by atoms with Crippen LogP contribution in [0.2, 0.25) is 0 Å². The second kappa shape index (κ2) is 5.62. The number of aliphatic hydroxyl groups excluding tert-OH is 1. The van der Waals surface area contributed by atoms with E-state index in [4.69, 9.17) is 10.7 Å². The third kappa shape index (κ3) is 2.55. The van der Waals surface area contributed by atoms with Crippen LogP contribution in [0.15, 0.2) is 30.7 Å². The fourth-order valence-corrected chi connectivity index (χ4v) is 3.36. The highest BCUT2D eigenvalue weighted by molar-refractivity contribution is 5.92. The van der Waals surface area contributed by atoms with Gasteiger partial charge in [-0.05, 0) is 37.8 Å². The molecule has 0 radical (unpaired) electrons. The van der Waals surface area contributed by atoms with Gasteiger partial charge in [-0.3, -0.25) is 4.98 Å². The minimum atomic E-state index is -0.188. The van der Waals surface area contributed by atoms with E-state index in [0.29, 0.717) is 17.4 Å². The summed E-state index contributed by atoms with van der Waals surface area (Å²) >= 11 is 0. The Labute approximate surface area is 133 Å². The van der Waals surface area contributed by atoms with Gasteiger partial charge >= 0.3 is 0 Å². The summed E-state index contributed by atoms with van der Waals surface area (Å²) < 4.78 is 0. The van der Waals surface area contributed by atoms with Gasteiger partial charge in [0.15, 0.2) is 5.82 Å². The lowest BCUT2D eigenvalue weighted by Gasteiger charge is -2.25. The van der Waals surface area contributed by atoms with Crippen LogP contribution in [0.5, 0.6) is 0 Å². The molecule has 0 saturated heterocycles. The van der Waals surface area contributed by atoms with Crippen molar-refractivity contribution >= 4 is 16.7 Å².